The number of hydrogen-bond acceptors (Lipinski definition) is 5. The van der Waals surface area contributed by atoms with E-state index < -0.39 is 6.10 Å². The fraction of sp³-hybridized carbons (Fsp3) is 0.471. The molecule has 3 amide bonds. The van der Waals surface area contributed by atoms with Crippen LogP contribution in [-0.2, 0) is 14.3 Å². The number of fused-ring (bicyclic) bond motifs is 1. The van der Waals surface area contributed by atoms with Gasteiger partial charge < -0.3 is 24.6 Å². The van der Waals surface area contributed by atoms with Gasteiger partial charge in [-0.2, -0.15) is 0 Å². The number of rotatable bonds is 3. The van der Waals surface area contributed by atoms with Gasteiger partial charge in [-0.3, -0.25) is 9.59 Å². The number of hydrogen-bond donors (Lipinski definition) is 1. The molecule has 1 N–H and O–H groups in total. The molecule has 0 aromatic heterocycles. The highest BCUT2D eigenvalue weighted by atomic mass is 16.6. The van der Waals surface area contributed by atoms with Crippen molar-refractivity contribution in [3.63, 3.8) is 0 Å². The predicted molar refractivity (Wildman–Crippen MR) is 89.3 cm³/mol. The van der Waals surface area contributed by atoms with Crippen molar-refractivity contribution in [3.8, 4) is 5.75 Å². The first-order valence-corrected chi connectivity index (χ1v) is 8.34. The summed E-state index contributed by atoms with van der Waals surface area (Å²) in [5.74, 6) is 0.0762. The van der Waals surface area contributed by atoms with E-state index in [9.17, 15) is 14.4 Å². The van der Waals surface area contributed by atoms with Crippen molar-refractivity contribution in [2.24, 2.45) is 0 Å². The molecule has 1 aromatic carbocycles. The lowest BCUT2D eigenvalue weighted by Crippen LogP contribution is -2.52. The summed E-state index contributed by atoms with van der Waals surface area (Å²) >= 11 is 0. The van der Waals surface area contributed by atoms with Crippen LogP contribution in [0.4, 0.5) is 10.5 Å². The van der Waals surface area contributed by atoms with E-state index in [1.807, 2.05) is 6.07 Å². The Kier molecular flexibility index (Phi) is 5.06. The van der Waals surface area contributed by atoms with Crippen LogP contribution in [0, 0.1) is 0 Å². The van der Waals surface area contributed by atoms with Crippen LogP contribution in [0.2, 0.25) is 0 Å². The first-order valence-electron chi connectivity index (χ1n) is 8.34. The summed E-state index contributed by atoms with van der Waals surface area (Å²) in [6.07, 6.45) is -1.23. The van der Waals surface area contributed by atoms with Crippen LogP contribution < -0.4 is 10.1 Å². The Morgan fingerprint density at radius 3 is 2.60 bits per heavy atom. The molecule has 0 saturated carbocycles. The molecule has 134 valence electrons. The first kappa shape index (κ1) is 17.1. The van der Waals surface area contributed by atoms with Gasteiger partial charge in [0.2, 0.25) is 5.91 Å². The number of carbonyl (C=O) groups is 3. The molecule has 2 heterocycles. The van der Waals surface area contributed by atoms with Gasteiger partial charge in [-0.05, 0) is 19.1 Å². The Morgan fingerprint density at radius 1 is 1.20 bits per heavy atom. The molecule has 1 atom stereocenters. The lowest BCUT2D eigenvalue weighted by Gasteiger charge is -2.35. The van der Waals surface area contributed by atoms with Crippen molar-refractivity contribution in [1.82, 2.24) is 9.80 Å². The third kappa shape index (κ3) is 3.84. The SMILES string of the molecule is CCOC(=O)N1CCN(C(=O)CC2Oc3ccccc3NC2=O)CC1. The summed E-state index contributed by atoms with van der Waals surface area (Å²) in [6.45, 7) is 3.76. The molecule has 1 fully saturated rings. The monoisotopic (exact) mass is 347 g/mol. The molecule has 0 aliphatic carbocycles. The number of benzene rings is 1. The van der Waals surface area contributed by atoms with Crippen LogP contribution in [0.5, 0.6) is 5.75 Å². The fourth-order valence-electron chi connectivity index (χ4n) is 2.87. The van der Waals surface area contributed by atoms with Crippen LogP contribution in [-0.4, -0.2) is 66.6 Å². The van der Waals surface area contributed by atoms with Crippen LogP contribution in [0.3, 0.4) is 0 Å². The molecule has 0 radical (unpaired) electrons. The zero-order valence-corrected chi connectivity index (χ0v) is 14.1. The largest absolute Gasteiger partial charge is 0.478 e. The Morgan fingerprint density at radius 2 is 1.88 bits per heavy atom. The summed E-state index contributed by atoms with van der Waals surface area (Å²) in [5, 5.41) is 2.75. The maximum atomic E-state index is 12.5. The highest BCUT2D eigenvalue weighted by molar-refractivity contribution is 5.99. The average molecular weight is 347 g/mol. The molecule has 1 saturated heterocycles. The zero-order valence-electron chi connectivity index (χ0n) is 14.1. The van der Waals surface area contributed by atoms with E-state index in [0.717, 1.165) is 0 Å². The minimum absolute atomic E-state index is 0.0282. The molecular weight excluding hydrogens is 326 g/mol. The molecule has 2 aliphatic rings. The van der Waals surface area contributed by atoms with E-state index in [1.165, 1.54) is 0 Å². The summed E-state index contributed by atoms with van der Waals surface area (Å²) in [7, 11) is 0. The van der Waals surface area contributed by atoms with Crippen LogP contribution in [0.1, 0.15) is 13.3 Å². The minimum Gasteiger partial charge on any atom is -0.478 e. The van der Waals surface area contributed by atoms with Crippen molar-refractivity contribution in [1.29, 1.82) is 0 Å². The highest BCUT2D eigenvalue weighted by Gasteiger charge is 2.32. The van der Waals surface area contributed by atoms with Crippen molar-refractivity contribution in [2.45, 2.75) is 19.4 Å². The first-order chi connectivity index (χ1) is 12.1. The predicted octanol–water partition coefficient (Wildman–Crippen LogP) is 1.08. The van der Waals surface area contributed by atoms with Crippen molar-refractivity contribution in [3.05, 3.63) is 24.3 Å². The Labute approximate surface area is 145 Å². The molecule has 3 rings (SSSR count). The van der Waals surface area contributed by atoms with Crippen LogP contribution >= 0.6 is 0 Å². The van der Waals surface area contributed by atoms with E-state index in [1.54, 1.807) is 34.9 Å². The van der Waals surface area contributed by atoms with Crippen molar-refractivity contribution < 1.29 is 23.9 Å². The summed E-state index contributed by atoms with van der Waals surface area (Å²) in [6, 6.07) is 7.12. The van der Waals surface area contributed by atoms with Gasteiger partial charge in [-0.15, -0.1) is 0 Å². The van der Waals surface area contributed by atoms with E-state index in [4.69, 9.17) is 9.47 Å². The van der Waals surface area contributed by atoms with Crippen molar-refractivity contribution in [2.75, 3.05) is 38.1 Å². The average Bonchev–Trinajstić information content (AvgIpc) is 2.62. The second kappa shape index (κ2) is 7.42. The number of ether oxygens (including phenoxy) is 2. The number of nitrogens with zero attached hydrogens (tertiary/aromatic N) is 2. The molecule has 8 nitrogen and oxygen atoms in total. The molecule has 8 heteroatoms. The number of nitrogens with one attached hydrogen (secondary N) is 1. The Bertz CT molecular complexity index is 670. The topological polar surface area (TPSA) is 88.2 Å². The maximum Gasteiger partial charge on any atom is 0.409 e. The van der Waals surface area contributed by atoms with Gasteiger partial charge in [0.05, 0.1) is 18.7 Å². The van der Waals surface area contributed by atoms with Gasteiger partial charge in [-0.1, -0.05) is 12.1 Å². The van der Waals surface area contributed by atoms with E-state index in [-0.39, 0.29) is 24.3 Å². The number of carbonyl (C=O) groups excluding carboxylic acids is 3. The quantitative estimate of drug-likeness (QED) is 0.884. The minimum atomic E-state index is -0.842. The van der Waals surface area contributed by atoms with E-state index in [2.05, 4.69) is 5.32 Å². The second-order valence-electron chi connectivity index (χ2n) is 5.86. The third-order valence-corrected chi connectivity index (χ3v) is 4.22. The molecule has 1 aromatic rings. The fourth-order valence-corrected chi connectivity index (χ4v) is 2.87. The summed E-state index contributed by atoms with van der Waals surface area (Å²) in [5.41, 5.74) is 0.610. The molecule has 0 bridgehead atoms. The summed E-state index contributed by atoms with van der Waals surface area (Å²) < 4.78 is 10.6. The Balaban J connectivity index is 1.53. The van der Waals surface area contributed by atoms with Gasteiger partial charge in [0, 0.05) is 26.2 Å². The number of piperazine rings is 1. The zero-order chi connectivity index (χ0) is 17.8. The summed E-state index contributed by atoms with van der Waals surface area (Å²) in [4.78, 5) is 39.5. The maximum absolute atomic E-state index is 12.5. The van der Waals surface area contributed by atoms with Gasteiger partial charge in [0.1, 0.15) is 5.75 Å². The molecule has 2 aliphatic heterocycles. The van der Waals surface area contributed by atoms with Gasteiger partial charge in [0.25, 0.3) is 5.91 Å². The normalized spacial score (nSPS) is 19.6. The van der Waals surface area contributed by atoms with Crippen LogP contribution in [0.15, 0.2) is 24.3 Å². The highest BCUT2D eigenvalue weighted by Crippen LogP contribution is 2.29. The lowest BCUT2D eigenvalue weighted by molar-refractivity contribution is -0.138. The molecule has 0 spiro atoms. The van der Waals surface area contributed by atoms with E-state index >= 15 is 0 Å². The van der Waals surface area contributed by atoms with Crippen molar-refractivity contribution >= 4 is 23.6 Å². The van der Waals surface area contributed by atoms with Gasteiger partial charge in [-0.25, -0.2) is 4.79 Å². The number of para-hydroxylation sites is 2. The number of anilines is 1. The molecule has 1 unspecified atom stereocenters. The van der Waals surface area contributed by atoms with E-state index in [0.29, 0.717) is 44.2 Å². The number of amides is 3. The standard InChI is InChI=1S/C17H21N3O5/c1-2-24-17(23)20-9-7-19(8-10-20)15(21)11-14-16(22)18-12-5-3-4-6-13(12)25-14/h3-6,14H,2,7-11H2,1H3,(H,18,22). The molecule has 25 heavy (non-hydrogen) atoms. The van der Waals surface area contributed by atoms with Gasteiger partial charge in [0.15, 0.2) is 6.10 Å². The third-order valence-electron chi connectivity index (χ3n) is 4.22. The smallest absolute Gasteiger partial charge is 0.409 e. The van der Waals surface area contributed by atoms with Crippen LogP contribution in [0.25, 0.3) is 0 Å². The molecular formula is C17H21N3O5. The lowest BCUT2D eigenvalue weighted by atomic mass is 10.1. The Hall–Kier alpha value is -2.77. The second-order valence-corrected chi connectivity index (χ2v) is 5.86. The van der Waals surface area contributed by atoms with Gasteiger partial charge >= 0.3 is 6.09 Å².